The number of ether oxygens (including phenoxy) is 1. The van der Waals surface area contributed by atoms with Gasteiger partial charge in [0.25, 0.3) is 0 Å². The third-order valence-corrected chi connectivity index (χ3v) is 4.75. The number of rotatable bonds is 7. The maximum Gasteiger partial charge on any atom is 0.235 e. The monoisotopic (exact) mass is 291 g/mol. The zero-order valence-corrected chi connectivity index (χ0v) is 13.6. The summed E-state index contributed by atoms with van der Waals surface area (Å²) in [5.74, 6) is 2.63. The molecule has 0 aromatic carbocycles. The second-order valence-corrected chi connectivity index (χ2v) is 6.11. The first-order valence-corrected chi connectivity index (χ1v) is 8.35. The van der Waals surface area contributed by atoms with Gasteiger partial charge in [0.2, 0.25) is 5.88 Å². The average molecular weight is 291 g/mol. The minimum absolute atomic E-state index is 0.469. The molecule has 2 rings (SSSR count). The summed E-state index contributed by atoms with van der Waals surface area (Å²) in [6.45, 7) is 6.68. The molecule has 1 aromatic heterocycles. The lowest BCUT2D eigenvalue weighted by molar-refractivity contribution is 0.217. The van der Waals surface area contributed by atoms with E-state index in [1.54, 1.807) is 19.5 Å². The summed E-state index contributed by atoms with van der Waals surface area (Å²) in [6.07, 6.45) is 9.78. The van der Waals surface area contributed by atoms with E-state index in [-0.39, 0.29) is 0 Å². The summed E-state index contributed by atoms with van der Waals surface area (Å²) >= 11 is 0. The van der Waals surface area contributed by atoms with E-state index in [0.29, 0.717) is 17.7 Å². The van der Waals surface area contributed by atoms with Crippen LogP contribution in [-0.2, 0) is 0 Å². The van der Waals surface area contributed by atoms with Crippen molar-refractivity contribution < 1.29 is 4.74 Å². The molecule has 0 spiro atoms. The molecule has 4 heteroatoms. The minimum Gasteiger partial charge on any atom is -0.480 e. The minimum atomic E-state index is 0.469. The molecule has 1 aliphatic rings. The fourth-order valence-electron chi connectivity index (χ4n) is 3.48. The maximum absolute atomic E-state index is 5.45. The molecule has 0 aliphatic heterocycles. The van der Waals surface area contributed by atoms with Gasteiger partial charge in [-0.1, -0.05) is 26.7 Å². The van der Waals surface area contributed by atoms with E-state index in [4.69, 9.17) is 4.74 Å². The standard InChI is InChI=1S/C17H29N3O/c1-4-8-18-12-14-7-6-13(5-2)11-15(14)16-17(21-3)20-10-9-19-16/h9-10,13-15,18H,4-8,11-12H2,1-3H3. The summed E-state index contributed by atoms with van der Waals surface area (Å²) in [7, 11) is 1.69. The van der Waals surface area contributed by atoms with Gasteiger partial charge in [-0.15, -0.1) is 0 Å². The van der Waals surface area contributed by atoms with Crippen molar-refractivity contribution in [1.29, 1.82) is 0 Å². The first-order valence-electron chi connectivity index (χ1n) is 8.35. The quantitative estimate of drug-likeness (QED) is 0.782. The summed E-state index contributed by atoms with van der Waals surface area (Å²) in [5, 5.41) is 3.59. The van der Waals surface area contributed by atoms with Gasteiger partial charge in [-0.3, -0.25) is 4.98 Å². The Morgan fingerprint density at radius 3 is 2.76 bits per heavy atom. The van der Waals surface area contributed by atoms with Crippen LogP contribution in [-0.4, -0.2) is 30.2 Å². The van der Waals surface area contributed by atoms with Crippen LogP contribution in [0.2, 0.25) is 0 Å². The van der Waals surface area contributed by atoms with E-state index >= 15 is 0 Å². The predicted molar refractivity (Wildman–Crippen MR) is 85.6 cm³/mol. The van der Waals surface area contributed by atoms with Gasteiger partial charge in [-0.25, -0.2) is 4.98 Å². The average Bonchev–Trinajstić information content (AvgIpc) is 2.55. The van der Waals surface area contributed by atoms with Crippen molar-refractivity contribution in [2.75, 3.05) is 20.2 Å². The van der Waals surface area contributed by atoms with Crippen LogP contribution in [0.3, 0.4) is 0 Å². The number of nitrogens with one attached hydrogen (secondary N) is 1. The van der Waals surface area contributed by atoms with Crippen LogP contribution in [0.25, 0.3) is 0 Å². The Kier molecular flexibility index (Phi) is 6.43. The second kappa shape index (κ2) is 8.32. The first kappa shape index (κ1) is 16.2. The van der Waals surface area contributed by atoms with E-state index < -0.39 is 0 Å². The number of nitrogens with zero attached hydrogens (tertiary/aromatic N) is 2. The Morgan fingerprint density at radius 2 is 2.05 bits per heavy atom. The van der Waals surface area contributed by atoms with Crippen molar-refractivity contribution >= 4 is 0 Å². The van der Waals surface area contributed by atoms with Gasteiger partial charge in [0, 0.05) is 18.3 Å². The lowest BCUT2D eigenvalue weighted by Crippen LogP contribution is -2.33. The topological polar surface area (TPSA) is 47.0 Å². The highest BCUT2D eigenvalue weighted by Crippen LogP contribution is 2.42. The van der Waals surface area contributed by atoms with Crippen molar-refractivity contribution in [3.8, 4) is 5.88 Å². The van der Waals surface area contributed by atoms with Gasteiger partial charge in [0.1, 0.15) is 5.69 Å². The third kappa shape index (κ3) is 4.16. The fraction of sp³-hybridized carbons (Fsp3) is 0.765. The van der Waals surface area contributed by atoms with Crippen LogP contribution in [0.4, 0.5) is 0 Å². The van der Waals surface area contributed by atoms with Crippen LogP contribution in [0, 0.1) is 11.8 Å². The van der Waals surface area contributed by atoms with Gasteiger partial charge < -0.3 is 10.1 Å². The number of hydrogen-bond acceptors (Lipinski definition) is 4. The molecule has 3 unspecified atom stereocenters. The van der Waals surface area contributed by atoms with E-state index in [9.17, 15) is 0 Å². The Labute approximate surface area is 128 Å². The van der Waals surface area contributed by atoms with Crippen molar-refractivity contribution in [2.24, 2.45) is 11.8 Å². The lowest BCUT2D eigenvalue weighted by atomic mass is 9.71. The molecule has 0 bridgehead atoms. The lowest BCUT2D eigenvalue weighted by Gasteiger charge is -2.36. The fourth-order valence-corrected chi connectivity index (χ4v) is 3.48. The predicted octanol–water partition coefficient (Wildman–Crippen LogP) is 3.39. The van der Waals surface area contributed by atoms with Crippen molar-refractivity contribution in [3.63, 3.8) is 0 Å². The number of hydrogen-bond donors (Lipinski definition) is 1. The first-order chi connectivity index (χ1) is 10.3. The van der Waals surface area contributed by atoms with Crippen molar-refractivity contribution in [2.45, 2.75) is 51.9 Å². The van der Waals surface area contributed by atoms with Crippen LogP contribution < -0.4 is 10.1 Å². The summed E-state index contributed by atoms with van der Waals surface area (Å²) < 4.78 is 5.45. The molecular formula is C17H29N3O. The number of methoxy groups -OCH3 is 1. The molecule has 3 atom stereocenters. The van der Waals surface area contributed by atoms with Gasteiger partial charge in [-0.05, 0) is 44.2 Å². The molecule has 21 heavy (non-hydrogen) atoms. The Hall–Kier alpha value is -1.16. The van der Waals surface area contributed by atoms with Crippen molar-refractivity contribution in [1.82, 2.24) is 15.3 Å². The molecule has 1 saturated carbocycles. The zero-order valence-electron chi connectivity index (χ0n) is 13.6. The normalized spacial score (nSPS) is 25.8. The molecule has 0 radical (unpaired) electrons. The summed E-state index contributed by atoms with van der Waals surface area (Å²) in [4.78, 5) is 8.95. The highest BCUT2D eigenvalue weighted by molar-refractivity contribution is 5.23. The molecule has 4 nitrogen and oxygen atoms in total. The van der Waals surface area contributed by atoms with Crippen LogP contribution in [0.1, 0.15) is 57.6 Å². The van der Waals surface area contributed by atoms with E-state index in [0.717, 1.165) is 24.7 Å². The molecule has 1 heterocycles. The molecule has 1 aliphatic carbocycles. The van der Waals surface area contributed by atoms with Crippen LogP contribution >= 0.6 is 0 Å². The van der Waals surface area contributed by atoms with Crippen molar-refractivity contribution in [3.05, 3.63) is 18.1 Å². The maximum atomic E-state index is 5.45. The summed E-state index contributed by atoms with van der Waals surface area (Å²) in [5.41, 5.74) is 1.06. The largest absolute Gasteiger partial charge is 0.480 e. The van der Waals surface area contributed by atoms with Gasteiger partial charge in [-0.2, -0.15) is 0 Å². The van der Waals surface area contributed by atoms with Gasteiger partial charge in [0.15, 0.2) is 0 Å². The summed E-state index contributed by atoms with van der Waals surface area (Å²) in [6, 6.07) is 0. The van der Waals surface area contributed by atoms with Gasteiger partial charge in [0.05, 0.1) is 7.11 Å². The van der Waals surface area contributed by atoms with E-state index in [2.05, 4.69) is 29.1 Å². The Balaban J connectivity index is 2.15. The third-order valence-electron chi connectivity index (χ3n) is 4.75. The smallest absolute Gasteiger partial charge is 0.235 e. The van der Waals surface area contributed by atoms with E-state index in [1.165, 1.54) is 32.1 Å². The second-order valence-electron chi connectivity index (χ2n) is 6.11. The molecule has 0 amide bonds. The Bertz CT molecular complexity index is 422. The SMILES string of the molecule is CCCNCC1CCC(CC)CC1c1nccnc1OC. The van der Waals surface area contributed by atoms with Gasteiger partial charge >= 0.3 is 0 Å². The van der Waals surface area contributed by atoms with Crippen LogP contribution in [0.5, 0.6) is 5.88 Å². The highest BCUT2D eigenvalue weighted by atomic mass is 16.5. The zero-order chi connectivity index (χ0) is 15.1. The van der Waals surface area contributed by atoms with E-state index in [1.807, 2.05) is 0 Å². The highest BCUT2D eigenvalue weighted by Gasteiger charge is 2.33. The van der Waals surface area contributed by atoms with Crippen LogP contribution in [0.15, 0.2) is 12.4 Å². The molecule has 1 aromatic rings. The molecule has 0 saturated heterocycles. The molecule has 118 valence electrons. The number of aromatic nitrogens is 2. The molecular weight excluding hydrogens is 262 g/mol. The molecule has 1 N–H and O–H groups in total. The Morgan fingerprint density at radius 1 is 1.24 bits per heavy atom. The molecule has 1 fully saturated rings.